The van der Waals surface area contributed by atoms with Crippen LogP contribution in [-0.4, -0.2) is 17.7 Å². The van der Waals surface area contributed by atoms with Crippen LogP contribution in [0.25, 0.3) is 0 Å². The van der Waals surface area contributed by atoms with Gasteiger partial charge in [0.15, 0.2) is 6.61 Å². The van der Waals surface area contributed by atoms with Gasteiger partial charge in [0.05, 0.1) is 5.02 Å². The van der Waals surface area contributed by atoms with Gasteiger partial charge in [0.25, 0.3) is 0 Å². The van der Waals surface area contributed by atoms with Crippen molar-refractivity contribution in [3.8, 4) is 0 Å². The predicted molar refractivity (Wildman–Crippen MR) is 48.7 cm³/mol. The largest absolute Gasteiger partial charge is 0.443 e. The van der Waals surface area contributed by atoms with Crippen LogP contribution in [0, 0.1) is 0 Å². The minimum atomic E-state index is -3.38. The monoisotopic (exact) mass is 236 g/mol. The van der Waals surface area contributed by atoms with Crippen molar-refractivity contribution in [2.24, 2.45) is 5.73 Å². The molecule has 15 heavy (non-hydrogen) atoms. The molecule has 82 valence electrons. The van der Waals surface area contributed by atoms with Gasteiger partial charge in [0.2, 0.25) is 0 Å². The first-order valence-corrected chi connectivity index (χ1v) is 4.22. The molecular formula is C8H7ClF2N2O2. The zero-order valence-electron chi connectivity index (χ0n) is 7.41. The van der Waals surface area contributed by atoms with Gasteiger partial charge in [-0.2, -0.15) is 8.78 Å². The highest BCUT2D eigenvalue weighted by atomic mass is 35.5. The van der Waals surface area contributed by atoms with Gasteiger partial charge in [0, 0.05) is 6.20 Å². The molecule has 0 unspecified atom stereocenters. The molecule has 0 aliphatic rings. The van der Waals surface area contributed by atoms with E-state index in [-0.39, 0.29) is 5.02 Å². The maximum Gasteiger partial charge on any atom is 0.404 e. The highest BCUT2D eigenvalue weighted by molar-refractivity contribution is 6.30. The van der Waals surface area contributed by atoms with E-state index in [1.807, 2.05) is 0 Å². The molecule has 0 atom stereocenters. The lowest BCUT2D eigenvalue weighted by Crippen LogP contribution is -2.26. The van der Waals surface area contributed by atoms with Gasteiger partial charge in [0.1, 0.15) is 5.69 Å². The van der Waals surface area contributed by atoms with Crippen LogP contribution in [0.3, 0.4) is 0 Å². The average Bonchev–Trinajstić information content (AvgIpc) is 2.16. The lowest BCUT2D eigenvalue weighted by Gasteiger charge is -2.14. The summed E-state index contributed by atoms with van der Waals surface area (Å²) in [5.41, 5.74) is 4.03. The van der Waals surface area contributed by atoms with E-state index in [4.69, 9.17) is 11.6 Å². The number of rotatable bonds is 3. The van der Waals surface area contributed by atoms with Crippen molar-refractivity contribution < 1.29 is 18.3 Å². The number of carbonyl (C=O) groups excluding carboxylic acids is 1. The zero-order chi connectivity index (χ0) is 11.5. The maximum atomic E-state index is 13.2. The molecule has 0 spiro atoms. The topological polar surface area (TPSA) is 65.2 Å². The summed E-state index contributed by atoms with van der Waals surface area (Å²) in [7, 11) is 0. The number of aromatic nitrogens is 1. The number of hydrogen-bond acceptors (Lipinski definition) is 3. The molecule has 0 aromatic carbocycles. The Balaban J connectivity index is 2.76. The molecule has 2 N–H and O–H groups in total. The Morgan fingerprint density at radius 3 is 2.73 bits per heavy atom. The second kappa shape index (κ2) is 4.39. The number of ether oxygens (including phenoxy) is 1. The Morgan fingerprint density at radius 1 is 1.60 bits per heavy atom. The minimum absolute atomic E-state index is 0.241. The zero-order valence-corrected chi connectivity index (χ0v) is 8.17. The van der Waals surface area contributed by atoms with Crippen LogP contribution in [0.1, 0.15) is 5.69 Å². The quantitative estimate of drug-likeness (QED) is 0.872. The first-order chi connectivity index (χ1) is 6.92. The number of primary amides is 1. The molecule has 0 fully saturated rings. The molecule has 4 nitrogen and oxygen atoms in total. The molecule has 1 rings (SSSR count). The van der Waals surface area contributed by atoms with Crippen LogP contribution in [0.15, 0.2) is 18.3 Å². The molecule has 0 aliphatic heterocycles. The Bertz CT molecular complexity index is 356. The molecule has 1 heterocycles. The number of alkyl halides is 2. The maximum absolute atomic E-state index is 13.2. The van der Waals surface area contributed by atoms with Crippen molar-refractivity contribution in [1.82, 2.24) is 4.98 Å². The number of amides is 1. The van der Waals surface area contributed by atoms with Crippen LogP contribution in [0.4, 0.5) is 13.6 Å². The molecule has 0 bridgehead atoms. The lowest BCUT2D eigenvalue weighted by molar-refractivity contribution is -0.0622. The van der Waals surface area contributed by atoms with Crippen molar-refractivity contribution in [3.63, 3.8) is 0 Å². The van der Waals surface area contributed by atoms with E-state index in [1.165, 1.54) is 6.07 Å². The van der Waals surface area contributed by atoms with Crippen molar-refractivity contribution in [3.05, 3.63) is 29.0 Å². The standard InChI is InChI=1S/C8H7ClF2N2O2/c9-5-1-2-6(13-3-5)8(10,11)4-15-7(12)14/h1-3H,4H2,(H2,12,14). The summed E-state index contributed by atoms with van der Waals surface area (Å²) in [4.78, 5) is 13.6. The Kier molecular flexibility index (Phi) is 3.41. The number of halogens is 3. The molecule has 1 amide bonds. The molecule has 0 saturated heterocycles. The summed E-state index contributed by atoms with van der Waals surface area (Å²) in [6.07, 6.45) is -0.182. The van der Waals surface area contributed by atoms with Gasteiger partial charge in [-0.1, -0.05) is 11.6 Å². The first kappa shape index (κ1) is 11.6. The summed E-state index contributed by atoms with van der Waals surface area (Å²) >= 11 is 5.48. The lowest BCUT2D eigenvalue weighted by atomic mass is 10.2. The second-order valence-electron chi connectivity index (χ2n) is 2.67. The van der Waals surface area contributed by atoms with Crippen LogP contribution < -0.4 is 5.73 Å². The fourth-order valence-electron chi connectivity index (χ4n) is 0.828. The van der Waals surface area contributed by atoms with E-state index in [0.29, 0.717) is 0 Å². The summed E-state index contributed by atoms with van der Waals surface area (Å²) in [6.45, 7) is -1.14. The van der Waals surface area contributed by atoms with Crippen molar-refractivity contribution >= 4 is 17.7 Å². The minimum Gasteiger partial charge on any atom is -0.443 e. The van der Waals surface area contributed by atoms with Gasteiger partial charge in [-0.05, 0) is 12.1 Å². The van der Waals surface area contributed by atoms with Gasteiger partial charge in [-0.15, -0.1) is 0 Å². The number of hydrogen-bond donors (Lipinski definition) is 1. The normalized spacial score (nSPS) is 11.1. The second-order valence-corrected chi connectivity index (χ2v) is 3.11. The van der Waals surface area contributed by atoms with Crippen molar-refractivity contribution in [2.75, 3.05) is 6.61 Å². The third kappa shape index (κ3) is 3.32. The van der Waals surface area contributed by atoms with E-state index in [2.05, 4.69) is 15.5 Å². The van der Waals surface area contributed by atoms with E-state index in [1.54, 1.807) is 0 Å². The fraction of sp³-hybridized carbons (Fsp3) is 0.250. The number of nitrogens with zero attached hydrogens (tertiary/aromatic N) is 1. The average molecular weight is 237 g/mol. The van der Waals surface area contributed by atoms with E-state index in [0.717, 1.165) is 12.3 Å². The summed E-state index contributed by atoms with van der Waals surface area (Å²) in [6, 6.07) is 2.31. The number of pyridine rings is 1. The molecule has 7 heteroatoms. The fourth-order valence-corrected chi connectivity index (χ4v) is 0.940. The molecule has 1 aromatic heterocycles. The number of nitrogens with two attached hydrogens (primary N) is 1. The van der Waals surface area contributed by atoms with Crippen LogP contribution >= 0.6 is 11.6 Å². The van der Waals surface area contributed by atoms with E-state index >= 15 is 0 Å². The van der Waals surface area contributed by atoms with Gasteiger partial charge >= 0.3 is 12.0 Å². The van der Waals surface area contributed by atoms with Crippen LogP contribution in [-0.2, 0) is 10.7 Å². The molecule has 0 saturated carbocycles. The van der Waals surface area contributed by atoms with Crippen LogP contribution in [0.5, 0.6) is 0 Å². The third-order valence-electron chi connectivity index (χ3n) is 1.50. The molecule has 1 aromatic rings. The van der Waals surface area contributed by atoms with Crippen molar-refractivity contribution in [2.45, 2.75) is 5.92 Å². The predicted octanol–water partition coefficient (Wildman–Crippen LogP) is 1.92. The highest BCUT2D eigenvalue weighted by Crippen LogP contribution is 2.26. The van der Waals surface area contributed by atoms with Crippen LogP contribution in [0.2, 0.25) is 5.02 Å². The van der Waals surface area contributed by atoms with Gasteiger partial charge in [-0.25, -0.2) is 4.79 Å². The Hall–Kier alpha value is -1.43. The van der Waals surface area contributed by atoms with E-state index in [9.17, 15) is 13.6 Å². The van der Waals surface area contributed by atoms with Gasteiger partial charge < -0.3 is 10.5 Å². The molecular weight excluding hydrogens is 230 g/mol. The highest BCUT2D eigenvalue weighted by Gasteiger charge is 2.34. The smallest absolute Gasteiger partial charge is 0.404 e. The summed E-state index contributed by atoms with van der Waals surface area (Å²) < 4.78 is 30.4. The summed E-state index contributed by atoms with van der Waals surface area (Å²) in [5.74, 6) is -3.38. The Labute approximate surface area is 89.0 Å². The van der Waals surface area contributed by atoms with Crippen molar-refractivity contribution in [1.29, 1.82) is 0 Å². The molecule has 0 radical (unpaired) electrons. The van der Waals surface area contributed by atoms with E-state index < -0.39 is 24.3 Å². The Morgan fingerprint density at radius 2 is 2.27 bits per heavy atom. The first-order valence-electron chi connectivity index (χ1n) is 3.84. The number of carbonyl (C=O) groups is 1. The SMILES string of the molecule is NC(=O)OCC(F)(F)c1ccc(Cl)cn1. The molecule has 0 aliphatic carbocycles. The summed E-state index contributed by atoms with van der Waals surface area (Å²) in [5, 5.41) is 0.241. The third-order valence-corrected chi connectivity index (χ3v) is 1.72. The van der Waals surface area contributed by atoms with Gasteiger partial charge in [-0.3, -0.25) is 4.98 Å².